The van der Waals surface area contributed by atoms with Crippen molar-refractivity contribution in [1.82, 2.24) is 0 Å². The molecule has 0 radical (unpaired) electrons. The van der Waals surface area contributed by atoms with E-state index in [1.165, 1.54) is 12.1 Å². The van der Waals surface area contributed by atoms with Gasteiger partial charge >= 0.3 is 11.5 Å². The molecule has 100 valence electrons. The van der Waals surface area contributed by atoms with E-state index in [1.807, 2.05) is 0 Å². The number of thioether (sulfide) groups is 1. The van der Waals surface area contributed by atoms with Gasteiger partial charge in [0, 0.05) is 5.75 Å². The minimum Gasteiger partial charge on any atom is -0.492 e. The van der Waals surface area contributed by atoms with Gasteiger partial charge in [-0.15, -0.1) is 0 Å². The summed E-state index contributed by atoms with van der Waals surface area (Å²) in [7, 11) is 0. The molecule has 1 aromatic rings. The van der Waals surface area contributed by atoms with Gasteiger partial charge in [-0.3, -0.25) is 0 Å². The number of carboxylic acids is 1. The number of aryl methyl sites for hydroxylation is 1. The van der Waals surface area contributed by atoms with Crippen LogP contribution in [0.2, 0.25) is 0 Å². The number of hydrogen-bond donors (Lipinski definition) is 1. The van der Waals surface area contributed by atoms with Gasteiger partial charge < -0.3 is 9.84 Å². The van der Waals surface area contributed by atoms with Crippen LogP contribution in [0.3, 0.4) is 0 Å². The van der Waals surface area contributed by atoms with Crippen LogP contribution in [-0.4, -0.2) is 28.9 Å². The van der Waals surface area contributed by atoms with E-state index < -0.39 is 11.5 Å². The third kappa shape index (κ3) is 4.87. The molecule has 0 unspecified atom stereocenters. The number of rotatable bonds is 5. The number of hydrogen-bond acceptors (Lipinski definition) is 3. The van der Waals surface area contributed by atoms with Crippen molar-refractivity contribution in [3.05, 3.63) is 29.3 Å². The molecule has 1 rings (SSSR count). The van der Waals surface area contributed by atoms with Crippen LogP contribution < -0.4 is 4.74 Å². The zero-order valence-electron chi connectivity index (χ0n) is 9.45. The highest BCUT2D eigenvalue weighted by Crippen LogP contribution is 2.30. The normalized spacial score (nSPS) is 11.3. The van der Waals surface area contributed by atoms with E-state index in [1.54, 1.807) is 13.0 Å². The number of carboxylic acid groups (broad SMARTS) is 1. The fourth-order valence-electron chi connectivity index (χ4n) is 1.23. The molecule has 18 heavy (non-hydrogen) atoms. The van der Waals surface area contributed by atoms with Gasteiger partial charge in [-0.05, 0) is 36.4 Å². The van der Waals surface area contributed by atoms with Crippen molar-refractivity contribution < 1.29 is 27.8 Å². The van der Waals surface area contributed by atoms with Crippen molar-refractivity contribution in [2.45, 2.75) is 12.4 Å². The molecular formula is C11H11F3O3S. The Labute approximate surface area is 106 Å². The SMILES string of the molecule is Cc1ccc(C(=O)O)c(OCCSC(F)(F)F)c1. The van der Waals surface area contributed by atoms with Gasteiger partial charge in [-0.2, -0.15) is 13.2 Å². The Balaban J connectivity index is 2.61. The predicted octanol–water partition coefficient (Wildman–Crippen LogP) is 3.33. The molecular weight excluding hydrogens is 269 g/mol. The van der Waals surface area contributed by atoms with Crippen molar-refractivity contribution >= 4 is 17.7 Å². The number of ether oxygens (including phenoxy) is 1. The molecule has 0 amide bonds. The van der Waals surface area contributed by atoms with E-state index >= 15 is 0 Å². The zero-order chi connectivity index (χ0) is 13.8. The van der Waals surface area contributed by atoms with Gasteiger partial charge in [-0.1, -0.05) is 6.07 Å². The minimum atomic E-state index is -4.30. The molecule has 0 aliphatic heterocycles. The molecule has 1 N–H and O–H groups in total. The van der Waals surface area contributed by atoms with Crippen molar-refractivity contribution in [1.29, 1.82) is 0 Å². The Bertz CT molecular complexity index is 432. The zero-order valence-corrected chi connectivity index (χ0v) is 10.3. The van der Waals surface area contributed by atoms with Crippen molar-refractivity contribution in [2.75, 3.05) is 12.4 Å². The molecule has 0 aromatic heterocycles. The highest BCUT2D eigenvalue weighted by Gasteiger charge is 2.27. The fraction of sp³-hybridized carbons (Fsp3) is 0.364. The average molecular weight is 280 g/mol. The highest BCUT2D eigenvalue weighted by molar-refractivity contribution is 8.00. The first-order valence-electron chi connectivity index (χ1n) is 4.97. The van der Waals surface area contributed by atoms with Crippen molar-refractivity contribution in [3.63, 3.8) is 0 Å². The maximum Gasteiger partial charge on any atom is 0.441 e. The van der Waals surface area contributed by atoms with E-state index in [9.17, 15) is 18.0 Å². The lowest BCUT2D eigenvalue weighted by Crippen LogP contribution is -2.09. The molecule has 0 fully saturated rings. The van der Waals surface area contributed by atoms with Crippen LogP contribution in [0, 0.1) is 6.92 Å². The van der Waals surface area contributed by atoms with Crippen molar-refractivity contribution in [3.8, 4) is 5.75 Å². The van der Waals surface area contributed by atoms with Crippen LogP contribution in [0.4, 0.5) is 13.2 Å². The molecule has 7 heteroatoms. The molecule has 0 spiro atoms. The molecule has 0 bridgehead atoms. The summed E-state index contributed by atoms with van der Waals surface area (Å²) < 4.78 is 40.7. The summed E-state index contributed by atoms with van der Waals surface area (Å²) in [5, 5.41) is 8.88. The lowest BCUT2D eigenvalue weighted by molar-refractivity contribution is -0.0329. The van der Waals surface area contributed by atoms with Crippen molar-refractivity contribution in [2.24, 2.45) is 0 Å². The Kier molecular flexibility index (Phi) is 4.89. The largest absolute Gasteiger partial charge is 0.492 e. The topological polar surface area (TPSA) is 46.5 Å². The number of carbonyl (C=O) groups is 1. The number of aromatic carboxylic acids is 1. The lowest BCUT2D eigenvalue weighted by Gasteiger charge is -2.10. The number of halogens is 3. The average Bonchev–Trinajstić information content (AvgIpc) is 2.22. The van der Waals surface area contributed by atoms with Gasteiger partial charge in [0.1, 0.15) is 11.3 Å². The molecule has 0 aliphatic rings. The van der Waals surface area contributed by atoms with Crippen LogP contribution in [-0.2, 0) is 0 Å². The third-order valence-electron chi connectivity index (χ3n) is 1.97. The van der Waals surface area contributed by atoms with Crippen LogP contribution >= 0.6 is 11.8 Å². The third-order valence-corrected chi connectivity index (χ3v) is 2.67. The monoisotopic (exact) mass is 280 g/mol. The quantitative estimate of drug-likeness (QED) is 0.840. The molecule has 3 nitrogen and oxygen atoms in total. The van der Waals surface area contributed by atoms with Crippen LogP contribution in [0.5, 0.6) is 5.75 Å². The number of alkyl halides is 3. The maximum absolute atomic E-state index is 11.9. The summed E-state index contributed by atoms with van der Waals surface area (Å²) in [6.07, 6.45) is 0. The second-order valence-corrected chi connectivity index (χ2v) is 4.61. The summed E-state index contributed by atoms with van der Waals surface area (Å²) >= 11 is -0.201. The van der Waals surface area contributed by atoms with Gasteiger partial charge in [0.2, 0.25) is 0 Å². The van der Waals surface area contributed by atoms with Gasteiger partial charge in [-0.25, -0.2) is 4.79 Å². The van der Waals surface area contributed by atoms with E-state index in [0.29, 0.717) is 0 Å². The standard InChI is InChI=1S/C11H11F3O3S/c1-7-2-3-8(10(15)16)9(6-7)17-4-5-18-11(12,13)14/h2-3,6H,4-5H2,1H3,(H,15,16). The van der Waals surface area contributed by atoms with Crippen LogP contribution in [0.1, 0.15) is 15.9 Å². The Hall–Kier alpha value is -1.37. The molecule has 0 atom stereocenters. The van der Waals surface area contributed by atoms with E-state index in [0.717, 1.165) is 5.56 Å². The summed E-state index contributed by atoms with van der Waals surface area (Å²) in [4.78, 5) is 10.9. The number of benzene rings is 1. The lowest BCUT2D eigenvalue weighted by atomic mass is 10.1. The smallest absolute Gasteiger partial charge is 0.441 e. The van der Waals surface area contributed by atoms with Crippen LogP contribution in [0.15, 0.2) is 18.2 Å². The molecule has 0 saturated heterocycles. The fourth-order valence-corrected chi connectivity index (χ4v) is 1.63. The molecule has 0 heterocycles. The second kappa shape index (κ2) is 5.99. The van der Waals surface area contributed by atoms with E-state index in [2.05, 4.69) is 0 Å². The first-order chi connectivity index (χ1) is 8.29. The molecule has 0 saturated carbocycles. The second-order valence-electron chi connectivity index (χ2n) is 3.45. The first-order valence-corrected chi connectivity index (χ1v) is 5.95. The van der Waals surface area contributed by atoms with E-state index in [-0.39, 0.29) is 35.4 Å². The summed E-state index contributed by atoms with van der Waals surface area (Å²) in [6, 6.07) is 4.45. The van der Waals surface area contributed by atoms with Gasteiger partial charge in [0.15, 0.2) is 0 Å². The van der Waals surface area contributed by atoms with E-state index in [4.69, 9.17) is 9.84 Å². The van der Waals surface area contributed by atoms with Crippen LogP contribution in [0.25, 0.3) is 0 Å². The molecule has 1 aromatic carbocycles. The summed E-state index contributed by atoms with van der Waals surface area (Å²) in [5.41, 5.74) is -3.58. The molecule has 0 aliphatic carbocycles. The first kappa shape index (κ1) is 14.7. The van der Waals surface area contributed by atoms with Gasteiger partial charge in [0.05, 0.1) is 6.61 Å². The highest BCUT2D eigenvalue weighted by atomic mass is 32.2. The minimum absolute atomic E-state index is 0.0578. The maximum atomic E-state index is 11.9. The predicted molar refractivity (Wildman–Crippen MR) is 62.1 cm³/mol. The van der Waals surface area contributed by atoms with Gasteiger partial charge in [0.25, 0.3) is 0 Å². The summed E-state index contributed by atoms with van der Waals surface area (Å²) in [6.45, 7) is 1.54. The summed E-state index contributed by atoms with van der Waals surface area (Å²) in [5.74, 6) is -1.37. The Morgan fingerprint density at radius 2 is 2.11 bits per heavy atom. The Morgan fingerprint density at radius 3 is 2.67 bits per heavy atom. The Morgan fingerprint density at radius 1 is 1.44 bits per heavy atom.